The van der Waals surface area contributed by atoms with Crippen molar-refractivity contribution in [1.29, 1.82) is 0 Å². The van der Waals surface area contributed by atoms with Crippen LogP contribution in [0.15, 0.2) is 36.7 Å². The van der Waals surface area contributed by atoms with Gasteiger partial charge in [0.1, 0.15) is 5.15 Å². The summed E-state index contributed by atoms with van der Waals surface area (Å²) in [7, 11) is 0. The van der Waals surface area contributed by atoms with Gasteiger partial charge in [0.05, 0.1) is 10.7 Å². The summed E-state index contributed by atoms with van der Waals surface area (Å²) in [5, 5.41) is 1.22. The number of hydrogen-bond donors (Lipinski definition) is 0. The Bertz CT molecular complexity index is 595. The Kier molecular flexibility index (Phi) is 4.58. The zero-order valence-electron chi connectivity index (χ0n) is 11.5. The lowest BCUT2D eigenvalue weighted by Gasteiger charge is -2.35. The monoisotopic (exact) mass is 322 g/mol. The summed E-state index contributed by atoms with van der Waals surface area (Å²) in [5.74, 6) is 0. The summed E-state index contributed by atoms with van der Waals surface area (Å²) in [4.78, 5) is 13.1. The SMILES string of the molecule is Clc1ccc(CN2CCN(c3ccnc(Cl)c3)CC2)nc1. The van der Waals surface area contributed by atoms with Gasteiger partial charge < -0.3 is 4.90 Å². The molecular formula is C15H16Cl2N4. The number of anilines is 1. The predicted molar refractivity (Wildman–Crippen MR) is 86.0 cm³/mol. The Hall–Kier alpha value is -1.36. The van der Waals surface area contributed by atoms with Gasteiger partial charge in [0, 0.05) is 50.8 Å². The van der Waals surface area contributed by atoms with Crippen LogP contribution in [0.2, 0.25) is 10.2 Å². The van der Waals surface area contributed by atoms with Gasteiger partial charge in [0.15, 0.2) is 0 Å². The average Bonchev–Trinajstić information content (AvgIpc) is 2.50. The Morgan fingerprint density at radius 1 is 1.00 bits per heavy atom. The molecule has 0 aromatic carbocycles. The van der Waals surface area contributed by atoms with Crippen molar-refractivity contribution >= 4 is 28.9 Å². The van der Waals surface area contributed by atoms with E-state index in [1.165, 1.54) is 0 Å². The molecule has 0 radical (unpaired) electrons. The van der Waals surface area contributed by atoms with Crippen molar-refractivity contribution in [3.05, 3.63) is 52.5 Å². The van der Waals surface area contributed by atoms with E-state index < -0.39 is 0 Å². The van der Waals surface area contributed by atoms with Crippen LogP contribution in [-0.4, -0.2) is 41.0 Å². The molecule has 0 unspecified atom stereocenters. The zero-order valence-corrected chi connectivity index (χ0v) is 13.1. The summed E-state index contributed by atoms with van der Waals surface area (Å²) >= 11 is 11.8. The summed E-state index contributed by atoms with van der Waals surface area (Å²) in [6, 6.07) is 7.79. The second-order valence-corrected chi connectivity index (χ2v) is 5.89. The Morgan fingerprint density at radius 2 is 1.81 bits per heavy atom. The highest BCUT2D eigenvalue weighted by molar-refractivity contribution is 6.30. The highest BCUT2D eigenvalue weighted by Gasteiger charge is 2.17. The second kappa shape index (κ2) is 6.60. The van der Waals surface area contributed by atoms with Crippen molar-refractivity contribution in [1.82, 2.24) is 14.9 Å². The topological polar surface area (TPSA) is 32.3 Å². The van der Waals surface area contributed by atoms with Crippen LogP contribution in [0.4, 0.5) is 5.69 Å². The van der Waals surface area contributed by atoms with Gasteiger partial charge in [-0.2, -0.15) is 0 Å². The molecule has 0 amide bonds. The van der Waals surface area contributed by atoms with Gasteiger partial charge >= 0.3 is 0 Å². The van der Waals surface area contributed by atoms with Crippen LogP contribution in [-0.2, 0) is 6.54 Å². The lowest BCUT2D eigenvalue weighted by Crippen LogP contribution is -2.46. The number of piperazine rings is 1. The maximum Gasteiger partial charge on any atom is 0.131 e. The predicted octanol–water partition coefficient (Wildman–Crippen LogP) is 3.11. The van der Waals surface area contributed by atoms with E-state index in [-0.39, 0.29) is 0 Å². The standard InChI is InChI=1S/C15H16Cl2N4/c16-12-1-2-13(19-10-12)11-20-5-7-21(8-6-20)14-3-4-18-15(17)9-14/h1-4,9-10H,5-8,11H2. The molecule has 1 aliphatic heterocycles. The van der Waals surface area contributed by atoms with Crippen molar-refractivity contribution < 1.29 is 0 Å². The largest absolute Gasteiger partial charge is 0.369 e. The summed E-state index contributed by atoms with van der Waals surface area (Å²) in [5.41, 5.74) is 2.19. The average molecular weight is 323 g/mol. The van der Waals surface area contributed by atoms with E-state index >= 15 is 0 Å². The first-order valence-electron chi connectivity index (χ1n) is 6.90. The minimum atomic E-state index is 0.542. The van der Waals surface area contributed by atoms with E-state index in [1.807, 2.05) is 24.3 Å². The van der Waals surface area contributed by atoms with Gasteiger partial charge in [-0.25, -0.2) is 4.98 Å². The van der Waals surface area contributed by atoms with Gasteiger partial charge in [-0.15, -0.1) is 0 Å². The van der Waals surface area contributed by atoms with Crippen molar-refractivity contribution in [2.24, 2.45) is 0 Å². The van der Waals surface area contributed by atoms with Crippen LogP contribution in [0, 0.1) is 0 Å². The van der Waals surface area contributed by atoms with Crippen molar-refractivity contribution in [3.63, 3.8) is 0 Å². The fourth-order valence-electron chi connectivity index (χ4n) is 2.48. The Balaban J connectivity index is 1.56. The third-order valence-electron chi connectivity index (χ3n) is 3.62. The number of halogens is 2. The van der Waals surface area contributed by atoms with Gasteiger partial charge in [-0.05, 0) is 24.3 Å². The third-order valence-corrected chi connectivity index (χ3v) is 4.05. The lowest BCUT2D eigenvalue weighted by molar-refractivity contribution is 0.247. The molecule has 0 N–H and O–H groups in total. The summed E-state index contributed by atoms with van der Waals surface area (Å²) in [6.07, 6.45) is 3.45. The van der Waals surface area contributed by atoms with E-state index in [2.05, 4.69) is 19.8 Å². The molecule has 1 fully saturated rings. The fraction of sp³-hybridized carbons (Fsp3) is 0.333. The molecule has 21 heavy (non-hydrogen) atoms. The van der Waals surface area contributed by atoms with Crippen LogP contribution in [0.1, 0.15) is 5.69 Å². The maximum atomic E-state index is 5.95. The van der Waals surface area contributed by atoms with E-state index in [0.29, 0.717) is 10.2 Å². The molecule has 0 atom stereocenters. The van der Waals surface area contributed by atoms with Gasteiger partial charge in [0.2, 0.25) is 0 Å². The first-order chi connectivity index (χ1) is 10.2. The molecule has 0 aliphatic carbocycles. The normalized spacial score (nSPS) is 16.2. The van der Waals surface area contributed by atoms with Crippen molar-refractivity contribution in [3.8, 4) is 0 Å². The highest BCUT2D eigenvalue weighted by atomic mass is 35.5. The van der Waals surface area contributed by atoms with Crippen LogP contribution in [0.5, 0.6) is 0 Å². The number of rotatable bonds is 3. The molecule has 2 aromatic heterocycles. The molecule has 3 rings (SSSR count). The van der Waals surface area contributed by atoms with Crippen LogP contribution >= 0.6 is 23.2 Å². The fourth-order valence-corrected chi connectivity index (χ4v) is 2.76. The molecule has 6 heteroatoms. The summed E-state index contributed by atoms with van der Waals surface area (Å²) in [6.45, 7) is 4.83. The molecule has 3 heterocycles. The van der Waals surface area contributed by atoms with E-state index in [0.717, 1.165) is 44.1 Å². The number of pyridine rings is 2. The smallest absolute Gasteiger partial charge is 0.131 e. The first kappa shape index (κ1) is 14.6. The van der Waals surface area contributed by atoms with Gasteiger partial charge in [0.25, 0.3) is 0 Å². The second-order valence-electron chi connectivity index (χ2n) is 5.07. The zero-order chi connectivity index (χ0) is 14.7. The molecule has 110 valence electrons. The first-order valence-corrected chi connectivity index (χ1v) is 7.65. The molecule has 1 saturated heterocycles. The lowest BCUT2D eigenvalue weighted by atomic mass is 10.2. The van der Waals surface area contributed by atoms with Crippen LogP contribution in [0.3, 0.4) is 0 Å². The van der Waals surface area contributed by atoms with Gasteiger partial charge in [-0.1, -0.05) is 23.2 Å². The van der Waals surface area contributed by atoms with Crippen molar-refractivity contribution in [2.75, 3.05) is 31.1 Å². The Morgan fingerprint density at radius 3 is 2.48 bits per heavy atom. The quantitative estimate of drug-likeness (QED) is 0.813. The minimum absolute atomic E-state index is 0.542. The third kappa shape index (κ3) is 3.84. The van der Waals surface area contributed by atoms with Gasteiger partial charge in [-0.3, -0.25) is 9.88 Å². The van der Waals surface area contributed by atoms with Crippen LogP contribution in [0.25, 0.3) is 0 Å². The molecule has 1 aliphatic rings. The van der Waals surface area contributed by atoms with E-state index in [4.69, 9.17) is 23.2 Å². The highest BCUT2D eigenvalue weighted by Crippen LogP contribution is 2.19. The minimum Gasteiger partial charge on any atom is -0.369 e. The number of nitrogens with zero attached hydrogens (tertiary/aromatic N) is 4. The maximum absolute atomic E-state index is 5.95. The van der Waals surface area contributed by atoms with Crippen LogP contribution < -0.4 is 4.90 Å². The Labute approximate surface area is 134 Å². The summed E-state index contributed by atoms with van der Waals surface area (Å²) < 4.78 is 0. The van der Waals surface area contributed by atoms with Crippen molar-refractivity contribution in [2.45, 2.75) is 6.54 Å². The molecule has 0 bridgehead atoms. The molecule has 2 aromatic rings. The number of aromatic nitrogens is 2. The molecular weight excluding hydrogens is 307 g/mol. The molecule has 4 nitrogen and oxygen atoms in total. The molecule has 0 spiro atoms. The van der Waals surface area contributed by atoms with E-state index in [9.17, 15) is 0 Å². The van der Waals surface area contributed by atoms with E-state index in [1.54, 1.807) is 12.4 Å². The molecule has 0 saturated carbocycles. The number of hydrogen-bond acceptors (Lipinski definition) is 4.